The Balaban J connectivity index is 2.08. The molecule has 1 unspecified atom stereocenters. The highest BCUT2D eigenvalue weighted by Crippen LogP contribution is 2.19. The highest BCUT2D eigenvalue weighted by molar-refractivity contribution is 9.10. The van der Waals surface area contributed by atoms with E-state index in [1.165, 1.54) is 0 Å². The highest BCUT2D eigenvalue weighted by Gasteiger charge is 2.28. The summed E-state index contributed by atoms with van der Waals surface area (Å²) < 4.78 is 5.74. The molecule has 0 bridgehead atoms. The van der Waals surface area contributed by atoms with E-state index in [1.54, 1.807) is 17.0 Å². The van der Waals surface area contributed by atoms with Crippen LogP contribution in [-0.2, 0) is 4.79 Å². The smallest absolute Gasteiger partial charge is 0.289 e. The molecule has 86 valence electrons. The van der Waals surface area contributed by atoms with Gasteiger partial charge >= 0.3 is 0 Å². The van der Waals surface area contributed by atoms with Crippen LogP contribution in [-0.4, -0.2) is 29.7 Å². The number of carbonyl (C=O) groups is 2. The molecule has 0 saturated carbocycles. The van der Waals surface area contributed by atoms with Gasteiger partial charge in [0.15, 0.2) is 10.4 Å². The summed E-state index contributed by atoms with van der Waals surface area (Å²) in [6.07, 6.45) is 0.439. The van der Waals surface area contributed by atoms with E-state index in [1.807, 2.05) is 6.92 Å². The Kier molecular flexibility index (Phi) is 3.14. The van der Waals surface area contributed by atoms with Gasteiger partial charge in [0, 0.05) is 25.4 Å². The van der Waals surface area contributed by atoms with Crippen molar-refractivity contribution in [2.45, 2.75) is 13.3 Å². The van der Waals surface area contributed by atoms with Crippen molar-refractivity contribution in [1.82, 2.24) is 4.90 Å². The summed E-state index contributed by atoms with van der Waals surface area (Å²) in [7, 11) is 0. The van der Waals surface area contributed by atoms with Crippen molar-refractivity contribution >= 4 is 27.6 Å². The molecule has 4 nitrogen and oxygen atoms in total. The van der Waals surface area contributed by atoms with E-state index in [-0.39, 0.29) is 17.6 Å². The molecule has 2 heterocycles. The largest absolute Gasteiger partial charge is 0.444 e. The van der Waals surface area contributed by atoms with Crippen molar-refractivity contribution in [2.75, 3.05) is 13.1 Å². The summed E-state index contributed by atoms with van der Waals surface area (Å²) in [6, 6.07) is 3.32. The molecular formula is C11H12BrNO3. The number of hydrogen-bond acceptors (Lipinski definition) is 3. The minimum Gasteiger partial charge on any atom is -0.444 e. The molecule has 1 aromatic heterocycles. The van der Waals surface area contributed by atoms with Gasteiger partial charge in [0.25, 0.3) is 5.91 Å². The van der Waals surface area contributed by atoms with Crippen LogP contribution in [0.15, 0.2) is 21.2 Å². The minimum absolute atomic E-state index is 0.0731. The third-order valence-electron chi connectivity index (χ3n) is 2.74. The van der Waals surface area contributed by atoms with Crippen LogP contribution in [0.3, 0.4) is 0 Å². The van der Waals surface area contributed by atoms with Crippen molar-refractivity contribution in [3.05, 3.63) is 22.6 Å². The van der Waals surface area contributed by atoms with Crippen LogP contribution in [0.1, 0.15) is 23.9 Å². The second-order valence-corrected chi connectivity index (χ2v) is 4.75. The first-order valence-electron chi connectivity index (χ1n) is 5.15. The number of Topliss-reactive ketones (excluding diaryl/α,β-unsaturated/α-hetero) is 1. The lowest BCUT2D eigenvalue weighted by Gasteiger charge is -2.29. The number of nitrogens with zero attached hydrogens (tertiary/aromatic N) is 1. The molecule has 1 aliphatic rings. The Labute approximate surface area is 102 Å². The Bertz CT molecular complexity index is 427. The SMILES string of the molecule is CC1CN(C(=O)c2ccc(Br)o2)CCC1=O. The zero-order chi connectivity index (χ0) is 11.7. The summed E-state index contributed by atoms with van der Waals surface area (Å²) in [5.41, 5.74) is 0. The van der Waals surface area contributed by atoms with Crippen LogP contribution in [0.5, 0.6) is 0 Å². The van der Waals surface area contributed by atoms with E-state index >= 15 is 0 Å². The van der Waals surface area contributed by atoms with Gasteiger partial charge in [-0.15, -0.1) is 0 Å². The first kappa shape index (κ1) is 11.4. The predicted molar refractivity (Wildman–Crippen MR) is 61.1 cm³/mol. The first-order chi connectivity index (χ1) is 7.58. The van der Waals surface area contributed by atoms with Gasteiger partial charge < -0.3 is 9.32 Å². The third-order valence-corrected chi connectivity index (χ3v) is 3.17. The van der Waals surface area contributed by atoms with E-state index in [0.717, 1.165) is 0 Å². The molecule has 16 heavy (non-hydrogen) atoms. The van der Waals surface area contributed by atoms with Crippen LogP contribution in [0.4, 0.5) is 0 Å². The third kappa shape index (κ3) is 2.19. The van der Waals surface area contributed by atoms with Crippen molar-refractivity contribution in [2.24, 2.45) is 5.92 Å². The fraction of sp³-hybridized carbons (Fsp3) is 0.455. The Morgan fingerprint density at radius 3 is 2.88 bits per heavy atom. The second kappa shape index (κ2) is 4.41. The van der Waals surface area contributed by atoms with Crippen molar-refractivity contribution < 1.29 is 14.0 Å². The average molecular weight is 286 g/mol. The molecular weight excluding hydrogens is 274 g/mol. The summed E-state index contributed by atoms with van der Waals surface area (Å²) in [5, 5.41) is 0. The van der Waals surface area contributed by atoms with E-state index < -0.39 is 0 Å². The molecule has 5 heteroatoms. The molecule has 0 N–H and O–H groups in total. The molecule has 0 radical (unpaired) electrons. The topological polar surface area (TPSA) is 50.5 Å². The molecule has 0 spiro atoms. The highest BCUT2D eigenvalue weighted by atomic mass is 79.9. The number of furan rings is 1. The van der Waals surface area contributed by atoms with Crippen LogP contribution in [0, 0.1) is 5.92 Å². The van der Waals surface area contributed by atoms with E-state index in [9.17, 15) is 9.59 Å². The number of likely N-dealkylation sites (tertiary alicyclic amines) is 1. The fourth-order valence-corrected chi connectivity index (χ4v) is 2.09. The number of halogens is 1. The number of carbonyl (C=O) groups excluding carboxylic acids is 2. The van der Waals surface area contributed by atoms with Gasteiger partial charge in [-0.05, 0) is 28.1 Å². The Morgan fingerprint density at radius 2 is 2.31 bits per heavy atom. The lowest BCUT2D eigenvalue weighted by Crippen LogP contribution is -2.43. The van der Waals surface area contributed by atoms with Gasteiger partial charge in [-0.25, -0.2) is 0 Å². The normalized spacial score (nSPS) is 21.2. The van der Waals surface area contributed by atoms with E-state index in [0.29, 0.717) is 29.9 Å². The van der Waals surface area contributed by atoms with Gasteiger partial charge in [-0.1, -0.05) is 6.92 Å². The number of rotatable bonds is 1. The number of amides is 1. The van der Waals surface area contributed by atoms with Gasteiger partial charge in [0.1, 0.15) is 5.78 Å². The van der Waals surface area contributed by atoms with E-state index in [2.05, 4.69) is 15.9 Å². The number of hydrogen-bond donors (Lipinski definition) is 0. The standard InChI is InChI=1S/C11H12BrNO3/c1-7-6-13(5-4-8(7)14)11(15)9-2-3-10(12)16-9/h2-3,7H,4-6H2,1H3. The summed E-state index contributed by atoms with van der Waals surface area (Å²) in [4.78, 5) is 25.0. The zero-order valence-electron chi connectivity index (χ0n) is 8.90. The monoisotopic (exact) mass is 285 g/mol. The maximum absolute atomic E-state index is 12.0. The second-order valence-electron chi connectivity index (χ2n) is 3.97. The zero-order valence-corrected chi connectivity index (χ0v) is 10.5. The maximum atomic E-state index is 12.0. The molecule has 1 fully saturated rings. The molecule has 2 rings (SSSR count). The van der Waals surface area contributed by atoms with Crippen molar-refractivity contribution in [3.63, 3.8) is 0 Å². The fourth-order valence-electron chi connectivity index (χ4n) is 1.78. The predicted octanol–water partition coefficient (Wildman–Crippen LogP) is 2.09. The molecule has 1 atom stereocenters. The van der Waals surface area contributed by atoms with Crippen LogP contribution >= 0.6 is 15.9 Å². The quantitative estimate of drug-likeness (QED) is 0.794. The summed E-state index contributed by atoms with van der Waals surface area (Å²) in [6.45, 7) is 2.82. The lowest BCUT2D eigenvalue weighted by atomic mass is 9.98. The van der Waals surface area contributed by atoms with Crippen molar-refractivity contribution in [1.29, 1.82) is 0 Å². The van der Waals surface area contributed by atoms with Crippen molar-refractivity contribution in [3.8, 4) is 0 Å². The summed E-state index contributed by atoms with van der Waals surface area (Å²) in [5.74, 6) is 0.319. The average Bonchev–Trinajstić information content (AvgIpc) is 2.68. The van der Waals surface area contributed by atoms with Crippen LogP contribution in [0.25, 0.3) is 0 Å². The first-order valence-corrected chi connectivity index (χ1v) is 5.94. The lowest BCUT2D eigenvalue weighted by molar-refractivity contribution is -0.124. The van der Waals surface area contributed by atoms with Crippen LogP contribution < -0.4 is 0 Å². The van der Waals surface area contributed by atoms with Gasteiger partial charge in [-0.3, -0.25) is 9.59 Å². The molecule has 1 saturated heterocycles. The number of ketones is 1. The van der Waals surface area contributed by atoms with Gasteiger partial charge in [-0.2, -0.15) is 0 Å². The van der Waals surface area contributed by atoms with Gasteiger partial charge in [0.05, 0.1) is 0 Å². The Hall–Kier alpha value is -1.10. The molecule has 1 aromatic rings. The number of piperidine rings is 1. The Morgan fingerprint density at radius 1 is 1.56 bits per heavy atom. The molecule has 0 aliphatic carbocycles. The van der Waals surface area contributed by atoms with Crippen LogP contribution in [0.2, 0.25) is 0 Å². The maximum Gasteiger partial charge on any atom is 0.289 e. The molecule has 1 aliphatic heterocycles. The van der Waals surface area contributed by atoms with E-state index in [4.69, 9.17) is 4.42 Å². The minimum atomic E-state index is -0.148. The summed E-state index contributed by atoms with van der Waals surface area (Å²) >= 11 is 3.15. The molecule has 0 aromatic carbocycles. The van der Waals surface area contributed by atoms with Gasteiger partial charge in [0.2, 0.25) is 0 Å². The molecule has 1 amide bonds.